The predicted molar refractivity (Wildman–Crippen MR) is 85.4 cm³/mol. The lowest BCUT2D eigenvalue weighted by Gasteiger charge is -2.24. The van der Waals surface area contributed by atoms with Crippen LogP contribution in [0.3, 0.4) is 0 Å². The quantitative estimate of drug-likeness (QED) is 0.923. The van der Waals surface area contributed by atoms with Gasteiger partial charge in [-0.15, -0.1) is 11.3 Å². The molecule has 1 atom stereocenters. The van der Waals surface area contributed by atoms with Gasteiger partial charge in [0, 0.05) is 17.5 Å². The lowest BCUT2D eigenvalue weighted by Crippen LogP contribution is -2.42. The highest BCUT2D eigenvalue weighted by Gasteiger charge is 2.33. The van der Waals surface area contributed by atoms with Crippen molar-refractivity contribution in [2.24, 2.45) is 5.73 Å². The van der Waals surface area contributed by atoms with E-state index in [0.29, 0.717) is 13.0 Å². The zero-order valence-corrected chi connectivity index (χ0v) is 12.9. The Hall–Kier alpha value is -1.88. The van der Waals surface area contributed by atoms with Gasteiger partial charge in [0.05, 0.1) is 17.2 Å². The van der Waals surface area contributed by atoms with E-state index in [4.69, 9.17) is 5.73 Å². The molecule has 21 heavy (non-hydrogen) atoms. The standard InChI is InChI=1S/C16H19N3OS/c1-2-5-15-18-12(10-21-15)9-19-13-7-4-3-6-11(13)8-14(19)16(17)20/h3-4,6-7,10,14H,2,5,8-9H2,1H3,(H2,17,20)/t14-/m0/s1. The number of anilines is 1. The first-order chi connectivity index (χ1) is 10.2. The molecule has 0 unspecified atom stereocenters. The molecule has 110 valence electrons. The van der Waals surface area contributed by atoms with E-state index in [1.807, 2.05) is 12.1 Å². The Kier molecular flexibility index (Phi) is 3.92. The largest absolute Gasteiger partial charge is 0.368 e. The number of thiazole rings is 1. The van der Waals surface area contributed by atoms with Gasteiger partial charge in [0.1, 0.15) is 6.04 Å². The maximum Gasteiger partial charge on any atom is 0.240 e. The van der Waals surface area contributed by atoms with Crippen molar-refractivity contribution < 1.29 is 4.79 Å². The number of nitrogens with zero attached hydrogens (tertiary/aromatic N) is 2. The average molecular weight is 301 g/mol. The Morgan fingerprint density at radius 3 is 3.05 bits per heavy atom. The number of amides is 1. The molecule has 0 saturated carbocycles. The molecule has 0 saturated heterocycles. The van der Waals surface area contributed by atoms with Crippen LogP contribution in [-0.2, 0) is 24.2 Å². The number of hydrogen-bond acceptors (Lipinski definition) is 4. The molecule has 3 rings (SSSR count). The second-order valence-corrected chi connectivity index (χ2v) is 6.30. The third-order valence-electron chi connectivity index (χ3n) is 3.81. The van der Waals surface area contributed by atoms with E-state index in [2.05, 4.69) is 34.3 Å². The molecule has 1 amide bonds. The summed E-state index contributed by atoms with van der Waals surface area (Å²) in [5.74, 6) is -0.268. The van der Waals surface area contributed by atoms with Crippen LogP contribution < -0.4 is 10.6 Å². The SMILES string of the molecule is CCCc1nc(CN2c3ccccc3C[C@H]2C(N)=O)cs1. The molecular weight excluding hydrogens is 282 g/mol. The Morgan fingerprint density at radius 1 is 1.48 bits per heavy atom. The number of aromatic nitrogens is 1. The zero-order chi connectivity index (χ0) is 14.8. The molecule has 2 N–H and O–H groups in total. The van der Waals surface area contributed by atoms with E-state index in [0.717, 1.165) is 29.2 Å². The summed E-state index contributed by atoms with van der Waals surface area (Å²) in [6.45, 7) is 2.80. The summed E-state index contributed by atoms with van der Waals surface area (Å²) in [7, 11) is 0. The number of rotatable bonds is 5. The van der Waals surface area contributed by atoms with Gasteiger partial charge in [-0.2, -0.15) is 0 Å². The van der Waals surface area contributed by atoms with E-state index in [9.17, 15) is 4.79 Å². The highest BCUT2D eigenvalue weighted by Crippen LogP contribution is 2.33. The average Bonchev–Trinajstić information content (AvgIpc) is 3.05. The smallest absolute Gasteiger partial charge is 0.240 e. The molecule has 0 bridgehead atoms. The molecule has 1 aliphatic rings. The maximum atomic E-state index is 11.7. The fraction of sp³-hybridized carbons (Fsp3) is 0.375. The summed E-state index contributed by atoms with van der Waals surface area (Å²) < 4.78 is 0. The minimum Gasteiger partial charge on any atom is -0.368 e. The molecule has 1 aromatic heterocycles. The number of carbonyl (C=O) groups excluding carboxylic acids is 1. The minimum atomic E-state index is -0.268. The molecular formula is C16H19N3OS. The second-order valence-electron chi connectivity index (χ2n) is 5.36. The summed E-state index contributed by atoms with van der Waals surface area (Å²) in [5.41, 5.74) is 8.88. The van der Waals surface area contributed by atoms with Gasteiger partial charge in [0.25, 0.3) is 0 Å². The molecule has 0 fully saturated rings. The summed E-state index contributed by atoms with van der Waals surface area (Å²) in [6, 6.07) is 7.85. The number of fused-ring (bicyclic) bond motifs is 1. The van der Waals surface area contributed by atoms with Gasteiger partial charge in [-0.05, 0) is 24.5 Å². The lowest BCUT2D eigenvalue weighted by molar-refractivity contribution is -0.119. The first kappa shape index (κ1) is 14.1. The number of hydrogen-bond donors (Lipinski definition) is 1. The molecule has 5 heteroatoms. The van der Waals surface area contributed by atoms with Crippen LogP contribution in [0.2, 0.25) is 0 Å². The zero-order valence-electron chi connectivity index (χ0n) is 12.1. The van der Waals surface area contributed by atoms with Crippen LogP contribution in [0.15, 0.2) is 29.6 Å². The van der Waals surface area contributed by atoms with Gasteiger partial charge in [-0.25, -0.2) is 4.98 Å². The van der Waals surface area contributed by atoms with E-state index in [1.54, 1.807) is 11.3 Å². The first-order valence-corrected chi connectivity index (χ1v) is 8.14. The second kappa shape index (κ2) is 5.85. The number of aryl methyl sites for hydroxylation is 1. The van der Waals surface area contributed by atoms with E-state index < -0.39 is 0 Å². The van der Waals surface area contributed by atoms with E-state index in [1.165, 1.54) is 5.56 Å². The number of carbonyl (C=O) groups is 1. The summed E-state index contributed by atoms with van der Waals surface area (Å²) in [4.78, 5) is 18.5. The molecule has 0 aliphatic carbocycles. The first-order valence-electron chi connectivity index (χ1n) is 7.26. The minimum absolute atomic E-state index is 0.265. The molecule has 0 spiro atoms. The van der Waals surface area contributed by atoms with Crippen LogP contribution in [0.1, 0.15) is 29.6 Å². The monoisotopic (exact) mass is 301 g/mol. The maximum absolute atomic E-state index is 11.7. The van der Waals surface area contributed by atoms with Crippen LogP contribution in [0.25, 0.3) is 0 Å². The molecule has 4 nitrogen and oxygen atoms in total. The Labute approximate surface area is 128 Å². The molecule has 0 radical (unpaired) electrons. The summed E-state index contributed by atoms with van der Waals surface area (Å²) in [6.07, 6.45) is 2.81. The Morgan fingerprint density at radius 2 is 2.29 bits per heavy atom. The fourth-order valence-corrected chi connectivity index (χ4v) is 3.72. The van der Waals surface area contributed by atoms with Gasteiger partial charge in [0.15, 0.2) is 0 Å². The highest BCUT2D eigenvalue weighted by atomic mass is 32.1. The van der Waals surface area contributed by atoms with Crippen molar-refractivity contribution >= 4 is 22.9 Å². The van der Waals surface area contributed by atoms with Gasteiger partial charge >= 0.3 is 0 Å². The fourth-order valence-electron chi connectivity index (χ4n) is 2.82. The predicted octanol–water partition coefficient (Wildman–Crippen LogP) is 2.51. The number of nitrogens with two attached hydrogens (primary N) is 1. The number of para-hydroxylation sites is 1. The van der Waals surface area contributed by atoms with Crippen LogP contribution in [-0.4, -0.2) is 16.9 Å². The van der Waals surface area contributed by atoms with Gasteiger partial charge in [-0.3, -0.25) is 4.79 Å². The number of benzene rings is 1. The van der Waals surface area contributed by atoms with Gasteiger partial charge in [-0.1, -0.05) is 25.1 Å². The van der Waals surface area contributed by atoms with Crippen LogP contribution in [0, 0.1) is 0 Å². The Balaban J connectivity index is 1.85. The molecule has 2 heterocycles. The lowest BCUT2D eigenvalue weighted by atomic mass is 10.1. The summed E-state index contributed by atoms with van der Waals surface area (Å²) in [5, 5.41) is 3.25. The van der Waals surface area contributed by atoms with Crippen molar-refractivity contribution in [3.8, 4) is 0 Å². The number of primary amides is 1. The van der Waals surface area contributed by atoms with Crippen LogP contribution in [0.4, 0.5) is 5.69 Å². The van der Waals surface area contributed by atoms with Crippen LogP contribution >= 0.6 is 11.3 Å². The Bertz CT molecular complexity index is 652. The van der Waals surface area contributed by atoms with Crippen molar-refractivity contribution in [1.82, 2.24) is 4.98 Å². The van der Waals surface area contributed by atoms with E-state index >= 15 is 0 Å². The highest BCUT2D eigenvalue weighted by molar-refractivity contribution is 7.09. The van der Waals surface area contributed by atoms with Crippen LogP contribution in [0.5, 0.6) is 0 Å². The third kappa shape index (κ3) is 2.78. The molecule has 1 aromatic carbocycles. The van der Waals surface area contributed by atoms with Crippen molar-refractivity contribution in [1.29, 1.82) is 0 Å². The summed E-state index contributed by atoms with van der Waals surface area (Å²) >= 11 is 1.69. The molecule has 1 aliphatic heterocycles. The van der Waals surface area contributed by atoms with Crippen molar-refractivity contribution in [2.45, 2.75) is 38.8 Å². The van der Waals surface area contributed by atoms with Gasteiger partial charge < -0.3 is 10.6 Å². The third-order valence-corrected chi connectivity index (χ3v) is 4.77. The topological polar surface area (TPSA) is 59.2 Å². The van der Waals surface area contributed by atoms with Crippen molar-refractivity contribution in [3.63, 3.8) is 0 Å². The van der Waals surface area contributed by atoms with Crippen molar-refractivity contribution in [2.75, 3.05) is 4.90 Å². The van der Waals surface area contributed by atoms with Gasteiger partial charge in [0.2, 0.25) is 5.91 Å². The van der Waals surface area contributed by atoms with E-state index in [-0.39, 0.29) is 11.9 Å². The normalized spacial score (nSPS) is 17.0. The molecule has 2 aromatic rings. The van der Waals surface area contributed by atoms with Crippen molar-refractivity contribution in [3.05, 3.63) is 45.9 Å².